The molecule has 3 nitrogen and oxygen atoms in total. The molecule has 96 valence electrons. The van der Waals surface area contributed by atoms with Gasteiger partial charge in [-0.15, -0.1) is 11.3 Å². The van der Waals surface area contributed by atoms with Gasteiger partial charge in [0.2, 0.25) is 0 Å². The van der Waals surface area contributed by atoms with Gasteiger partial charge in [0.05, 0.1) is 0 Å². The highest BCUT2D eigenvalue weighted by molar-refractivity contribution is 7.09. The molecule has 0 spiro atoms. The van der Waals surface area contributed by atoms with Gasteiger partial charge in [0.25, 0.3) is 0 Å². The molecule has 0 aromatic carbocycles. The van der Waals surface area contributed by atoms with E-state index in [-0.39, 0.29) is 5.97 Å². The van der Waals surface area contributed by atoms with Gasteiger partial charge >= 0.3 is 5.97 Å². The molecule has 1 aromatic rings. The van der Waals surface area contributed by atoms with Crippen molar-refractivity contribution in [1.29, 1.82) is 0 Å². The highest BCUT2D eigenvalue weighted by atomic mass is 32.1. The minimum atomic E-state index is -0.103. The van der Waals surface area contributed by atoms with Crippen molar-refractivity contribution in [1.82, 2.24) is 0 Å². The van der Waals surface area contributed by atoms with E-state index in [0.29, 0.717) is 25.5 Å². The molecule has 1 atom stereocenters. The summed E-state index contributed by atoms with van der Waals surface area (Å²) in [4.78, 5) is 12.6. The van der Waals surface area contributed by atoms with Crippen LogP contribution < -0.4 is 5.73 Å². The molecule has 0 saturated carbocycles. The van der Waals surface area contributed by atoms with E-state index in [2.05, 4.69) is 6.92 Å². The van der Waals surface area contributed by atoms with E-state index in [1.54, 1.807) is 11.3 Å². The van der Waals surface area contributed by atoms with Crippen LogP contribution in [-0.2, 0) is 16.1 Å². The fourth-order valence-electron chi connectivity index (χ4n) is 1.73. The van der Waals surface area contributed by atoms with Gasteiger partial charge in [0, 0.05) is 11.3 Å². The maximum atomic E-state index is 11.5. The number of ether oxygens (including phenoxy) is 1. The molecule has 0 radical (unpaired) electrons. The smallest absolute Gasteiger partial charge is 0.306 e. The molecular weight excluding hydrogens is 234 g/mol. The third-order valence-corrected chi connectivity index (χ3v) is 3.71. The lowest BCUT2D eigenvalue weighted by Crippen LogP contribution is -2.11. The first-order chi connectivity index (χ1) is 8.26. The third-order valence-electron chi connectivity index (χ3n) is 2.86. The summed E-state index contributed by atoms with van der Waals surface area (Å²) < 4.78 is 5.20. The van der Waals surface area contributed by atoms with Crippen LogP contribution in [0.3, 0.4) is 0 Å². The highest BCUT2D eigenvalue weighted by Crippen LogP contribution is 2.16. The number of carbonyl (C=O) groups is 1. The average molecular weight is 255 g/mol. The molecule has 17 heavy (non-hydrogen) atoms. The van der Waals surface area contributed by atoms with Gasteiger partial charge in [-0.2, -0.15) is 0 Å². The Balaban J connectivity index is 2.16. The number of rotatable bonds is 8. The Hall–Kier alpha value is -0.870. The Bertz CT molecular complexity index is 311. The van der Waals surface area contributed by atoms with Crippen molar-refractivity contribution in [3.8, 4) is 0 Å². The molecule has 0 aliphatic rings. The van der Waals surface area contributed by atoms with Gasteiger partial charge in [-0.1, -0.05) is 19.4 Å². The summed E-state index contributed by atoms with van der Waals surface area (Å²) in [7, 11) is 0. The number of hydrogen-bond acceptors (Lipinski definition) is 4. The summed E-state index contributed by atoms with van der Waals surface area (Å²) in [5.74, 6) is 0.447. The van der Waals surface area contributed by atoms with Crippen molar-refractivity contribution in [2.45, 2.75) is 39.2 Å². The number of nitrogens with two attached hydrogens (primary N) is 1. The van der Waals surface area contributed by atoms with Crippen molar-refractivity contribution in [2.75, 3.05) is 6.54 Å². The minimum absolute atomic E-state index is 0.103. The SMILES string of the molecule is CCC(CCN)CCC(=O)OCc1cccs1. The van der Waals surface area contributed by atoms with Crippen molar-refractivity contribution in [3.63, 3.8) is 0 Å². The first-order valence-electron chi connectivity index (χ1n) is 6.14. The predicted molar refractivity (Wildman–Crippen MR) is 70.8 cm³/mol. The third kappa shape index (κ3) is 5.84. The topological polar surface area (TPSA) is 52.3 Å². The summed E-state index contributed by atoms with van der Waals surface area (Å²) in [6.07, 6.45) is 3.46. The van der Waals surface area contributed by atoms with Crippen molar-refractivity contribution in [3.05, 3.63) is 22.4 Å². The molecule has 2 N–H and O–H groups in total. The summed E-state index contributed by atoms with van der Waals surface area (Å²) >= 11 is 1.61. The molecule has 1 unspecified atom stereocenters. The van der Waals surface area contributed by atoms with E-state index < -0.39 is 0 Å². The molecule has 0 amide bonds. The molecular formula is C13H21NO2S. The summed E-state index contributed by atoms with van der Waals surface area (Å²) in [5.41, 5.74) is 5.52. The molecule has 0 aliphatic carbocycles. The lowest BCUT2D eigenvalue weighted by Gasteiger charge is -2.12. The molecule has 0 saturated heterocycles. The second-order valence-electron chi connectivity index (χ2n) is 4.13. The zero-order valence-corrected chi connectivity index (χ0v) is 11.2. The van der Waals surface area contributed by atoms with Crippen molar-refractivity contribution in [2.24, 2.45) is 11.7 Å². The van der Waals surface area contributed by atoms with E-state index in [1.807, 2.05) is 17.5 Å². The van der Waals surface area contributed by atoms with Gasteiger partial charge in [0.1, 0.15) is 6.61 Å². The fourth-order valence-corrected chi connectivity index (χ4v) is 2.34. The zero-order valence-electron chi connectivity index (χ0n) is 10.4. The molecule has 1 rings (SSSR count). The lowest BCUT2D eigenvalue weighted by molar-refractivity contribution is -0.145. The lowest BCUT2D eigenvalue weighted by atomic mass is 9.97. The number of esters is 1. The van der Waals surface area contributed by atoms with Crippen LogP contribution in [0.5, 0.6) is 0 Å². The van der Waals surface area contributed by atoms with Crippen molar-refractivity contribution < 1.29 is 9.53 Å². The second-order valence-corrected chi connectivity index (χ2v) is 5.16. The van der Waals surface area contributed by atoms with E-state index in [0.717, 1.165) is 24.1 Å². The maximum absolute atomic E-state index is 11.5. The Morgan fingerprint density at radius 1 is 1.53 bits per heavy atom. The Morgan fingerprint density at radius 3 is 2.94 bits per heavy atom. The first kappa shape index (κ1) is 14.2. The fraction of sp³-hybridized carbons (Fsp3) is 0.615. The Morgan fingerprint density at radius 2 is 2.35 bits per heavy atom. The van der Waals surface area contributed by atoms with Crippen LogP contribution in [0.15, 0.2) is 17.5 Å². The van der Waals surface area contributed by atoms with Crippen LogP contribution in [-0.4, -0.2) is 12.5 Å². The van der Waals surface area contributed by atoms with Crippen molar-refractivity contribution >= 4 is 17.3 Å². The molecule has 1 heterocycles. The summed E-state index contributed by atoms with van der Waals surface area (Å²) in [5, 5.41) is 1.98. The van der Waals surface area contributed by atoms with Gasteiger partial charge in [-0.3, -0.25) is 4.79 Å². The Kier molecular flexibility index (Phi) is 6.89. The molecule has 0 aliphatic heterocycles. The molecule has 1 aromatic heterocycles. The molecule has 0 fully saturated rings. The van der Waals surface area contributed by atoms with Crippen LogP contribution in [0, 0.1) is 5.92 Å². The monoisotopic (exact) mass is 255 g/mol. The highest BCUT2D eigenvalue weighted by Gasteiger charge is 2.10. The Labute approximate surface area is 107 Å². The van der Waals surface area contributed by atoms with Gasteiger partial charge in [-0.25, -0.2) is 0 Å². The largest absolute Gasteiger partial charge is 0.460 e. The van der Waals surface area contributed by atoms with Gasteiger partial charge in [0.15, 0.2) is 0 Å². The summed E-state index contributed by atoms with van der Waals surface area (Å²) in [6.45, 7) is 3.24. The van der Waals surface area contributed by atoms with Gasteiger partial charge < -0.3 is 10.5 Å². The van der Waals surface area contributed by atoms with E-state index in [9.17, 15) is 4.79 Å². The van der Waals surface area contributed by atoms with E-state index in [1.165, 1.54) is 0 Å². The predicted octanol–water partition coefficient (Wildman–Crippen LogP) is 2.95. The normalized spacial score (nSPS) is 12.4. The van der Waals surface area contributed by atoms with Crippen LogP contribution >= 0.6 is 11.3 Å². The van der Waals surface area contributed by atoms with Crippen LogP contribution in [0.25, 0.3) is 0 Å². The number of carbonyl (C=O) groups excluding carboxylic acids is 1. The first-order valence-corrected chi connectivity index (χ1v) is 7.02. The van der Waals surface area contributed by atoms with E-state index >= 15 is 0 Å². The van der Waals surface area contributed by atoms with E-state index in [4.69, 9.17) is 10.5 Å². The van der Waals surface area contributed by atoms with Gasteiger partial charge in [-0.05, 0) is 36.8 Å². The number of hydrogen-bond donors (Lipinski definition) is 1. The summed E-state index contributed by atoms with van der Waals surface area (Å²) in [6, 6.07) is 3.93. The molecule has 0 bridgehead atoms. The van der Waals surface area contributed by atoms with Crippen LogP contribution in [0.1, 0.15) is 37.5 Å². The molecule has 4 heteroatoms. The van der Waals surface area contributed by atoms with Crippen LogP contribution in [0.4, 0.5) is 0 Å². The number of thiophene rings is 1. The minimum Gasteiger partial charge on any atom is -0.460 e. The average Bonchev–Trinajstić information content (AvgIpc) is 2.85. The standard InChI is InChI=1S/C13H21NO2S/c1-2-11(7-8-14)5-6-13(15)16-10-12-4-3-9-17-12/h3-4,9,11H,2,5-8,10,14H2,1H3. The quantitative estimate of drug-likeness (QED) is 0.727. The maximum Gasteiger partial charge on any atom is 0.306 e. The van der Waals surface area contributed by atoms with Crippen LogP contribution in [0.2, 0.25) is 0 Å². The second kappa shape index (κ2) is 8.25. The zero-order chi connectivity index (χ0) is 12.5.